The molecule has 0 aromatic heterocycles. The number of esters is 1. The van der Waals surface area contributed by atoms with Crippen molar-refractivity contribution in [2.75, 3.05) is 6.54 Å². The van der Waals surface area contributed by atoms with Crippen molar-refractivity contribution in [2.45, 2.75) is 56.5 Å². The zero-order valence-electron chi connectivity index (χ0n) is 20.7. The summed E-state index contributed by atoms with van der Waals surface area (Å²) in [5.74, 6) is -2.51. The lowest BCUT2D eigenvalue weighted by Gasteiger charge is -2.37. The molecule has 2 fully saturated rings. The van der Waals surface area contributed by atoms with E-state index >= 15 is 0 Å². The maximum Gasteiger partial charge on any atom is 0.408 e. The van der Waals surface area contributed by atoms with Gasteiger partial charge in [0, 0.05) is 6.54 Å². The maximum absolute atomic E-state index is 13.3. The standard InChI is InChI=1S/C27H30N4O7/c28-22(32)15-20(30-27(36)37-16-18-10-5-2-6-11-18)24(33)29-19(14-17-8-3-1-4-9-17)23-25(34)31-13-7-12-21(31)26(35)38-23/h1-6,8-11,19-21,23H,7,12-16H2,(H2,28,32)(H,29,33)(H,30,36)/t19-,20-,21-,23-/m0/s1. The molecular weight excluding hydrogens is 492 g/mol. The third-order valence-electron chi connectivity index (χ3n) is 6.51. The number of hydrogen-bond donors (Lipinski definition) is 3. The Bertz CT molecular complexity index is 1170. The molecule has 11 heteroatoms. The normalized spacial score (nSPS) is 20.1. The van der Waals surface area contributed by atoms with Crippen LogP contribution in [0.5, 0.6) is 0 Å². The van der Waals surface area contributed by atoms with Crippen molar-refractivity contribution >= 4 is 29.8 Å². The molecule has 2 aliphatic heterocycles. The Kier molecular flexibility index (Phi) is 8.57. The van der Waals surface area contributed by atoms with Gasteiger partial charge in [0.05, 0.1) is 12.5 Å². The third-order valence-corrected chi connectivity index (χ3v) is 6.51. The lowest BCUT2D eigenvalue weighted by molar-refractivity contribution is -0.178. The quantitative estimate of drug-likeness (QED) is 0.390. The van der Waals surface area contributed by atoms with Crippen LogP contribution in [0.15, 0.2) is 60.7 Å². The van der Waals surface area contributed by atoms with Crippen LogP contribution in [0.25, 0.3) is 0 Å². The molecule has 2 saturated heterocycles. The molecule has 38 heavy (non-hydrogen) atoms. The minimum Gasteiger partial charge on any atom is -0.448 e. The maximum atomic E-state index is 13.3. The van der Waals surface area contributed by atoms with Crippen LogP contribution in [0.3, 0.4) is 0 Å². The van der Waals surface area contributed by atoms with Crippen molar-refractivity contribution in [3.8, 4) is 0 Å². The topological polar surface area (TPSA) is 157 Å². The summed E-state index contributed by atoms with van der Waals surface area (Å²) in [6.45, 7) is 0.387. The van der Waals surface area contributed by atoms with Gasteiger partial charge in [-0.15, -0.1) is 0 Å². The van der Waals surface area contributed by atoms with E-state index in [4.69, 9.17) is 15.2 Å². The van der Waals surface area contributed by atoms with Crippen molar-refractivity contribution < 1.29 is 33.4 Å². The van der Waals surface area contributed by atoms with Gasteiger partial charge in [0.25, 0.3) is 5.91 Å². The third kappa shape index (κ3) is 6.67. The highest BCUT2D eigenvalue weighted by atomic mass is 16.6. The van der Waals surface area contributed by atoms with E-state index in [0.717, 1.165) is 11.1 Å². The summed E-state index contributed by atoms with van der Waals surface area (Å²) in [4.78, 5) is 64.8. The second-order valence-corrected chi connectivity index (χ2v) is 9.28. The number of carbonyl (C=O) groups is 5. The molecule has 0 aliphatic carbocycles. The van der Waals surface area contributed by atoms with E-state index in [1.165, 1.54) is 4.90 Å². The molecule has 4 N–H and O–H groups in total. The van der Waals surface area contributed by atoms with Crippen molar-refractivity contribution in [1.82, 2.24) is 15.5 Å². The number of amides is 4. The zero-order chi connectivity index (χ0) is 27.1. The molecule has 2 aliphatic rings. The Hall–Kier alpha value is -4.41. The van der Waals surface area contributed by atoms with Crippen molar-refractivity contribution in [1.29, 1.82) is 0 Å². The van der Waals surface area contributed by atoms with Gasteiger partial charge in [-0.2, -0.15) is 0 Å². The molecule has 0 spiro atoms. The van der Waals surface area contributed by atoms with Gasteiger partial charge >= 0.3 is 12.1 Å². The summed E-state index contributed by atoms with van der Waals surface area (Å²) in [6.07, 6.45) is -1.31. The number of hydrogen-bond acceptors (Lipinski definition) is 7. The number of nitrogens with zero attached hydrogens (tertiary/aromatic N) is 1. The Morgan fingerprint density at radius 1 is 1.00 bits per heavy atom. The smallest absolute Gasteiger partial charge is 0.408 e. The Labute approximate surface area is 219 Å². The van der Waals surface area contributed by atoms with Crippen LogP contribution < -0.4 is 16.4 Å². The largest absolute Gasteiger partial charge is 0.448 e. The number of benzene rings is 2. The average Bonchev–Trinajstić information content (AvgIpc) is 3.41. The number of cyclic esters (lactones) is 1. The first-order valence-corrected chi connectivity index (χ1v) is 12.4. The fourth-order valence-corrected chi connectivity index (χ4v) is 4.65. The fraction of sp³-hybridized carbons (Fsp3) is 0.370. The van der Waals surface area contributed by atoms with E-state index in [9.17, 15) is 24.0 Å². The highest BCUT2D eigenvalue weighted by molar-refractivity contribution is 5.95. The van der Waals surface area contributed by atoms with Crippen LogP contribution in [0.1, 0.15) is 30.4 Å². The molecule has 0 bridgehead atoms. The lowest BCUT2D eigenvalue weighted by atomic mass is 9.97. The summed E-state index contributed by atoms with van der Waals surface area (Å²) >= 11 is 0. The van der Waals surface area contributed by atoms with E-state index in [1.54, 1.807) is 36.4 Å². The van der Waals surface area contributed by atoms with Crippen LogP contribution in [0, 0.1) is 0 Å². The monoisotopic (exact) mass is 522 g/mol. The molecule has 0 saturated carbocycles. The number of carbonyl (C=O) groups excluding carboxylic acids is 5. The number of ether oxygens (including phenoxy) is 2. The highest BCUT2D eigenvalue weighted by Crippen LogP contribution is 2.27. The molecule has 2 aromatic carbocycles. The van der Waals surface area contributed by atoms with Crippen LogP contribution >= 0.6 is 0 Å². The molecule has 4 amide bonds. The van der Waals surface area contributed by atoms with Crippen molar-refractivity contribution in [3.63, 3.8) is 0 Å². The zero-order valence-corrected chi connectivity index (χ0v) is 20.7. The number of morpholine rings is 1. The molecule has 0 radical (unpaired) electrons. The molecular formula is C27H30N4O7. The van der Waals surface area contributed by atoms with Gasteiger partial charge in [-0.1, -0.05) is 60.7 Å². The highest BCUT2D eigenvalue weighted by Gasteiger charge is 2.48. The number of nitrogens with one attached hydrogen (secondary N) is 2. The first-order valence-electron chi connectivity index (χ1n) is 12.4. The van der Waals surface area contributed by atoms with E-state index in [2.05, 4.69) is 10.6 Å². The molecule has 2 aromatic rings. The number of alkyl carbamates (subject to hydrolysis) is 1. The van der Waals surface area contributed by atoms with Crippen LogP contribution in [-0.4, -0.2) is 65.5 Å². The predicted octanol–water partition coefficient (Wildman–Crippen LogP) is 0.801. The van der Waals surface area contributed by atoms with E-state index in [0.29, 0.717) is 19.4 Å². The second-order valence-electron chi connectivity index (χ2n) is 9.28. The van der Waals surface area contributed by atoms with Crippen LogP contribution in [-0.2, 0) is 41.7 Å². The summed E-state index contributed by atoms with van der Waals surface area (Å²) < 4.78 is 10.7. The fourth-order valence-electron chi connectivity index (χ4n) is 4.65. The lowest BCUT2D eigenvalue weighted by Crippen LogP contribution is -2.62. The Morgan fingerprint density at radius 2 is 1.66 bits per heavy atom. The van der Waals surface area contributed by atoms with Crippen LogP contribution in [0.2, 0.25) is 0 Å². The summed E-state index contributed by atoms with van der Waals surface area (Å²) in [7, 11) is 0. The summed E-state index contributed by atoms with van der Waals surface area (Å²) in [6, 6.07) is 15.0. The van der Waals surface area contributed by atoms with E-state index in [-0.39, 0.29) is 13.0 Å². The SMILES string of the molecule is NC(=O)C[C@H](NC(=O)OCc1ccccc1)C(=O)N[C@@H](Cc1ccccc1)[C@@H]1OC(=O)[C@@H]2CCCN2C1=O. The predicted molar refractivity (Wildman–Crippen MR) is 134 cm³/mol. The van der Waals surface area contributed by atoms with Gasteiger partial charge in [-0.25, -0.2) is 9.59 Å². The number of primary amides is 1. The molecule has 200 valence electrons. The first kappa shape index (κ1) is 26.6. The first-order chi connectivity index (χ1) is 18.3. The molecule has 2 heterocycles. The van der Waals surface area contributed by atoms with Crippen molar-refractivity contribution in [3.05, 3.63) is 71.8 Å². The molecule has 0 unspecified atom stereocenters. The Morgan fingerprint density at radius 3 is 2.32 bits per heavy atom. The van der Waals surface area contributed by atoms with E-state index in [1.807, 2.05) is 24.3 Å². The second kappa shape index (κ2) is 12.2. The van der Waals surface area contributed by atoms with Gasteiger partial charge in [-0.05, 0) is 30.4 Å². The van der Waals surface area contributed by atoms with Gasteiger partial charge in [0.1, 0.15) is 18.7 Å². The summed E-state index contributed by atoms with van der Waals surface area (Å²) in [5, 5.41) is 5.08. The van der Waals surface area contributed by atoms with Gasteiger partial charge < -0.3 is 30.7 Å². The average molecular weight is 523 g/mol. The van der Waals surface area contributed by atoms with Crippen LogP contribution in [0.4, 0.5) is 4.79 Å². The van der Waals surface area contributed by atoms with Gasteiger partial charge in [0.15, 0.2) is 0 Å². The molecule has 11 nitrogen and oxygen atoms in total. The number of nitrogens with two attached hydrogens (primary N) is 1. The summed E-state index contributed by atoms with van der Waals surface area (Å²) in [5.41, 5.74) is 6.85. The number of rotatable bonds is 10. The molecule has 4 atom stereocenters. The Balaban J connectivity index is 1.49. The molecule has 4 rings (SSSR count). The van der Waals surface area contributed by atoms with Gasteiger partial charge in [0.2, 0.25) is 17.9 Å². The van der Waals surface area contributed by atoms with E-state index < -0.39 is 60.4 Å². The minimum absolute atomic E-state index is 0.0439. The van der Waals surface area contributed by atoms with Crippen molar-refractivity contribution in [2.24, 2.45) is 5.73 Å². The minimum atomic E-state index is -1.37. The van der Waals surface area contributed by atoms with Gasteiger partial charge in [-0.3, -0.25) is 14.4 Å². The number of fused-ring (bicyclic) bond motifs is 1.